The molecule has 19 heavy (non-hydrogen) atoms. The van der Waals surface area contributed by atoms with Crippen LogP contribution in [-0.2, 0) is 0 Å². The lowest BCUT2D eigenvalue weighted by molar-refractivity contribution is 0.0613. The Morgan fingerprint density at radius 2 is 1.84 bits per heavy atom. The third kappa shape index (κ3) is 2.95. The van der Waals surface area contributed by atoms with E-state index in [4.69, 9.17) is 5.73 Å². The number of pyridine rings is 1. The maximum Gasteiger partial charge on any atom is 0.146 e. The molecule has 108 valence electrons. The van der Waals surface area contributed by atoms with Crippen LogP contribution in [0.5, 0.6) is 0 Å². The fourth-order valence-electron chi connectivity index (χ4n) is 3.11. The van der Waals surface area contributed by atoms with Crippen molar-refractivity contribution in [2.24, 2.45) is 5.73 Å². The Kier molecular flexibility index (Phi) is 5.88. The van der Waals surface area contributed by atoms with E-state index in [9.17, 15) is 4.39 Å². The zero-order valence-corrected chi connectivity index (χ0v) is 12.5. The summed E-state index contributed by atoms with van der Waals surface area (Å²) in [7, 11) is 0. The van der Waals surface area contributed by atoms with Gasteiger partial charge in [-0.1, -0.05) is 27.7 Å². The average molecular weight is 267 g/mol. The number of nitrogens with two attached hydrogens (primary N) is 1. The van der Waals surface area contributed by atoms with E-state index in [1.165, 1.54) is 6.20 Å². The van der Waals surface area contributed by atoms with Crippen LogP contribution < -0.4 is 5.73 Å². The highest BCUT2D eigenvalue weighted by molar-refractivity contribution is 5.22. The molecule has 1 aromatic heterocycles. The van der Waals surface area contributed by atoms with E-state index in [0.29, 0.717) is 5.56 Å². The second kappa shape index (κ2) is 6.96. The molecule has 0 aromatic carbocycles. The fraction of sp³-hybridized carbons (Fsp3) is 0.667. The van der Waals surface area contributed by atoms with Gasteiger partial charge in [-0.2, -0.15) is 0 Å². The molecule has 0 saturated heterocycles. The highest BCUT2D eigenvalue weighted by Gasteiger charge is 2.39. The van der Waals surface area contributed by atoms with E-state index >= 15 is 0 Å². The van der Waals surface area contributed by atoms with Gasteiger partial charge in [-0.05, 0) is 32.0 Å². The van der Waals surface area contributed by atoms with Gasteiger partial charge in [-0.15, -0.1) is 0 Å². The molecule has 1 heterocycles. The Morgan fingerprint density at radius 1 is 1.26 bits per heavy atom. The molecule has 0 aliphatic carbocycles. The zero-order chi connectivity index (χ0) is 14.5. The highest BCUT2D eigenvalue weighted by atomic mass is 19.1. The molecule has 0 aliphatic heterocycles. The van der Waals surface area contributed by atoms with Crippen LogP contribution in [0.3, 0.4) is 0 Å². The van der Waals surface area contributed by atoms with E-state index in [0.717, 1.165) is 25.9 Å². The predicted octanol–water partition coefficient (Wildman–Crippen LogP) is 3.12. The van der Waals surface area contributed by atoms with Gasteiger partial charge in [0.15, 0.2) is 0 Å². The number of hydrogen-bond donors (Lipinski definition) is 1. The molecule has 0 saturated carbocycles. The van der Waals surface area contributed by atoms with Gasteiger partial charge in [0.1, 0.15) is 5.82 Å². The van der Waals surface area contributed by atoms with Crippen molar-refractivity contribution in [1.29, 1.82) is 0 Å². The minimum absolute atomic E-state index is 0.203. The molecule has 0 amide bonds. The standard InChI is InChI=1S/C15H26FN3/c1-5-15(6-2,19(7-3)8-4)14(17)12-9-10-18-11-13(12)16/h9-11,14H,5-8,17H2,1-4H3. The van der Waals surface area contributed by atoms with Crippen LogP contribution in [0.25, 0.3) is 0 Å². The first kappa shape index (κ1) is 16.1. The first-order valence-electron chi connectivity index (χ1n) is 7.17. The van der Waals surface area contributed by atoms with E-state index in [-0.39, 0.29) is 17.4 Å². The number of likely N-dealkylation sites (N-methyl/N-ethyl adjacent to an activating group) is 1. The van der Waals surface area contributed by atoms with Crippen molar-refractivity contribution in [3.05, 3.63) is 29.8 Å². The molecule has 1 aromatic rings. The van der Waals surface area contributed by atoms with Crippen LogP contribution >= 0.6 is 0 Å². The first-order chi connectivity index (χ1) is 9.07. The number of halogens is 1. The smallest absolute Gasteiger partial charge is 0.146 e. The van der Waals surface area contributed by atoms with Gasteiger partial charge in [0.25, 0.3) is 0 Å². The topological polar surface area (TPSA) is 42.1 Å². The molecule has 1 unspecified atom stereocenters. The third-order valence-electron chi connectivity index (χ3n) is 4.34. The van der Waals surface area contributed by atoms with Crippen LogP contribution in [-0.4, -0.2) is 28.5 Å². The van der Waals surface area contributed by atoms with E-state index in [2.05, 4.69) is 37.6 Å². The summed E-state index contributed by atoms with van der Waals surface area (Å²) in [6.07, 6.45) is 4.65. The van der Waals surface area contributed by atoms with Crippen LogP contribution in [0.15, 0.2) is 18.5 Å². The molecule has 2 N–H and O–H groups in total. The number of hydrogen-bond acceptors (Lipinski definition) is 3. The molecule has 4 heteroatoms. The molecule has 1 rings (SSSR count). The van der Waals surface area contributed by atoms with Crippen molar-refractivity contribution in [3.63, 3.8) is 0 Å². The molecular weight excluding hydrogens is 241 g/mol. The van der Waals surface area contributed by atoms with Crippen molar-refractivity contribution < 1.29 is 4.39 Å². The summed E-state index contributed by atoms with van der Waals surface area (Å²) >= 11 is 0. The molecule has 0 radical (unpaired) electrons. The summed E-state index contributed by atoms with van der Waals surface area (Å²) < 4.78 is 14.0. The van der Waals surface area contributed by atoms with Crippen molar-refractivity contribution in [2.45, 2.75) is 52.1 Å². The van der Waals surface area contributed by atoms with Crippen molar-refractivity contribution in [2.75, 3.05) is 13.1 Å². The van der Waals surface area contributed by atoms with Crippen molar-refractivity contribution in [1.82, 2.24) is 9.88 Å². The van der Waals surface area contributed by atoms with Gasteiger partial charge >= 0.3 is 0 Å². The van der Waals surface area contributed by atoms with Crippen LogP contribution in [0.2, 0.25) is 0 Å². The minimum Gasteiger partial charge on any atom is -0.322 e. The maximum absolute atomic E-state index is 14.0. The molecule has 0 spiro atoms. The van der Waals surface area contributed by atoms with Crippen LogP contribution in [0.4, 0.5) is 4.39 Å². The van der Waals surface area contributed by atoms with Crippen molar-refractivity contribution >= 4 is 0 Å². The summed E-state index contributed by atoms with van der Waals surface area (Å²) in [5.41, 5.74) is 6.80. The van der Waals surface area contributed by atoms with E-state index in [1.807, 2.05) is 0 Å². The third-order valence-corrected chi connectivity index (χ3v) is 4.34. The average Bonchev–Trinajstić information content (AvgIpc) is 2.44. The Morgan fingerprint density at radius 3 is 2.26 bits per heavy atom. The SMILES string of the molecule is CCN(CC)C(CC)(CC)C(N)c1ccncc1F. The summed E-state index contributed by atoms with van der Waals surface area (Å²) in [4.78, 5) is 6.15. The fourth-order valence-corrected chi connectivity index (χ4v) is 3.11. The Bertz CT molecular complexity index is 387. The van der Waals surface area contributed by atoms with Gasteiger partial charge < -0.3 is 5.73 Å². The zero-order valence-electron chi connectivity index (χ0n) is 12.5. The van der Waals surface area contributed by atoms with Crippen LogP contribution in [0, 0.1) is 5.82 Å². The summed E-state index contributed by atoms with van der Waals surface area (Å²) in [5.74, 6) is -0.312. The van der Waals surface area contributed by atoms with E-state index in [1.54, 1.807) is 12.3 Å². The van der Waals surface area contributed by atoms with E-state index < -0.39 is 0 Å². The first-order valence-corrected chi connectivity index (χ1v) is 7.17. The lowest BCUT2D eigenvalue weighted by Gasteiger charge is -2.46. The number of rotatable bonds is 7. The highest BCUT2D eigenvalue weighted by Crippen LogP contribution is 2.36. The second-order valence-corrected chi connectivity index (χ2v) is 4.86. The Balaban J connectivity index is 3.22. The van der Waals surface area contributed by atoms with Gasteiger partial charge in [0, 0.05) is 17.3 Å². The van der Waals surface area contributed by atoms with Gasteiger partial charge in [0.2, 0.25) is 0 Å². The predicted molar refractivity (Wildman–Crippen MR) is 77.4 cm³/mol. The second-order valence-electron chi connectivity index (χ2n) is 4.86. The molecule has 0 bridgehead atoms. The van der Waals surface area contributed by atoms with Crippen LogP contribution in [0.1, 0.15) is 52.1 Å². The lowest BCUT2D eigenvalue weighted by atomic mass is 9.79. The minimum atomic E-state index is -0.342. The van der Waals surface area contributed by atoms with Gasteiger partial charge in [-0.3, -0.25) is 9.88 Å². The lowest BCUT2D eigenvalue weighted by Crippen LogP contribution is -2.55. The molecule has 0 aliphatic rings. The number of aromatic nitrogens is 1. The summed E-state index contributed by atoms with van der Waals surface area (Å²) in [6.45, 7) is 10.3. The molecule has 3 nitrogen and oxygen atoms in total. The summed E-state index contributed by atoms with van der Waals surface area (Å²) in [6, 6.07) is 1.36. The largest absolute Gasteiger partial charge is 0.322 e. The normalized spacial score (nSPS) is 13.8. The summed E-state index contributed by atoms with van der Waals surface area (Å²) in [5, 5.41) is 0. The molecule has 1 atom stereocenters. The monoisotopic (exact) mass is 267 g/mol. The Labute approximate surface area is 116 Å². The Hall–Kier alpha value is -1.00. The quantitative estimate of drug-likeness (QED) is 0.825. The molecular formula is C15H26FN3. The van der Waals surface area contributed by atoms with Crippen molar-refractivity contribution in [3.8, 4) is 0 Å². The van der Waals surface area contributed by atoms with Gasteiger partial charge in [-0.25, -0.2) is 4.39 Å². The number of nitrogens with zero attached hydrogens (tertiary/aromatic N) is 2. The maximum atomic E-state index is 14.0. The molecule has 0 fully saturated rings. The van der Waals surface area contributed by atoms with Gasteiger partial charge in [0.05, 0.1) is 12.2 Å².